The Bertz CT molecular complexity index is 434. The Labute approximate surface area is 110 Å². The highest BCUT2D eigenvalue weighted by Gasteiger charge is 2.52. The normalized spacial score (nSPS) is 33.9. The van der Waals surface area contributed by atoms with E-state index in [2.05, 4.69) is 55.2 Å². The minimum atomic E-state index is 0.0451. The molecule has 2 aliphatic heterocycles. The highest BCUT2D eigenvalue weighted by atomic mass is 15.1. The average molecular weight is 241 g/mol. The van der Waals surface area contributed by atoms with Gasteiger partial charge in [-0.05, 0) is 31.2 Å². The van der Waals surface area contributed by atoms with E-state index in [0.29, 0.717) is 0 Å². The summed E-state index contributed by atoms with van der Waals surface area (Å²) in [6.45, 7) is 6.51. The number of benzene rings is 1. The zero-order valence-corrected chi connectivity index (χ0v) is 11.3. The fourth-order valence-corrected chi connectivity index (χ4v) is 4.06. The molecule has 0 aliphatic carbocycles. The lowest BCUT2D eigenvalue weighted by Crippen LogP contribution is -2.58. The highest BCUT2D eigenvalue weighted by Crippen LogP contribution is 2.48. The molecular formula is C17H23N. The van der Waals surface area contributed by atoms with Crippen molar-refractivity contribution in [2.45, 2.75) is 56.0 Å². The van der Waals surface area contributed by atoms with Crippen LogP contribution in [0.2, 0.25) is 0 Å². The van der Waals surface area contributed by atoms with Crippen LogP contribution in [0.5, 0.6) is 0 Å². The van der Waals surface area contributed by atoms with Gasteiger partial charge in [-0.15, -0.1) is 6.58 Å². The van der Waals surface area contributed by atoms with Crippen LogP contribution in [0.25, 0.3) is 0 Å². The quantitative estimate of drug-likeness (QED) is 0.794. The Balaban J connectivity index is 2.04. The molecule has 0 radical (unpaired) electrons. The van der Waals surface area contributed by atoms with Crippen LogP contribution in [0.1, 0.15) is 44.6 Å². The smallest absolute Gasteiger partial charge is 0.0313 e. The number of piperidine rings is 1. The number of rotatable bonds is 3. The number of hydrogen-bond acceptors (Lipinski definition) is 1. The van der Waals surface area contributed by atoms with Gasteiger partial charge in [0.15, 0.2) is 0 Å². The van der Waals surface area contributed by atoms with Crippen molar-refractivity contribution in [1.29, 1.82) is 0 Å². The third-order valence-electron chi connectivity index (χ3n) is 5.33. The summed E-state index contributed by atoms with van der Waals surface area (Å²) in [7, 11) is 0. The van der Waals surface area contributed by atoms with E-state index >= 15 is 0 Å². The maximum Gasteiger partial charge on any atom is 0.0313 e. The third kappa shape index (κ3) is 1.57. The van der Waals surface area contributed by atoms with Gasteiger partial charge in [0.2, 0.25) is 0 Å². The van der Waals surface area contributed by atoms with E-state index in [1.807, 2.05) is 0 Å². The standard InChI is InChI=1S/C17H23N/c1-3-16(2,14-8-5-4-6-9-14)17-12-7-10-15(18-17)11-13-17/h3-6,8-9,15,18H,1,7,10-13H2,2H3. The van der Waals surface area contributed by atoms with Gasteiger partial charge in [0, 0.05) is 17.0 Å². The van der Waals surface area contributed by atoms with Crippen LogP contribution in [-0.2, 0) is 5.41 Å². The van der Waals surface area contributed by atoms with E-state index in [4.69, 9.17) is 0 Å². The van der Waals surface area contributed by atoms with Crippen molar-refractivity contribution in [3.63, 3.8) is 0 Å². The minimum absolute atomic E-state index is 0.0451. The molecule has 0 amide bonds. The predicted molar refractivity (Wildman–Crippen MR) is 76.7 cm³/mol. The topological polar surface area (TPSA) is 12.0 Å². The molecule has 2 saturated heterocycles. The molecule has 1 aromatic rings. The largest absolute Gasteiger partial charge is 0.307 e. The first-order chi connectivity index (χ1) is 8.70. The summed E-state index contributed by atoms with van der Waals surface area (Å²) < 4.78 is 0. The molecule has 3 rings (SSSR count). The number of fused-ring (bicyclic) bond motifs is 2. The van der Waals surface area contributed by atoms with Gasteiger partial charge in [0.05, 0.1) is 0 Å². The molecule has 0 spiro atoms. The van der Waals surface area contributed by atoms with E-state index < -0.39 is 0 Å². The van der Waals surface area contributed by atoms with Gasteiger partial charge in [-0.1, -0.05) is 49.8 Å². The lowest BCUT2D eigenvalue weighted by atomic mass is 9.63. The molecule has 18 heavy (non-hydrogen) atoms. The predicted octanol–water partition coefficient (Wildman–Crippen LogP) is 3.81. The average Bonchev–Trinajstić information content (AvgIpc) is 2.75. The van der Waals surface area contributed by atoms with Crippen LogP contribution in [0.3, 0.4) is 0 Å². The van der Waals surface area contributed by atoms with Crippen LogP contribution in [0, 0.1) is 0 Å². The van der Waals surface area contributed by atoms with Gasteiger partial charge < -0.3 is 5.32 Å². The Morgan fingerprint density at radius 1 is 1.28 bits per heavy atom. The van der Waals surface area contributed by atoms with Crippen LogP contribution >= 0.6 is 0 Å². The Morgan fingerprint density at radius 2 is 2.06 bits per heavy atom. The van der Waals surface area contributed by atoms with Crippen LogP contribution in [-0.4, -0.2) is 11.6 Å². The van der Waals surface area contributed by atoms with Crippen molar-refractivity contribution >= 4 is 0 Å². The molecule has 1 nitrogen and oxygen atoms in total. The molecule has 2 fully saturated rings. The van der Waals surface area contributed by atoms with Crippen LogP contribution in [0.4, 0.5) is 0 Å². The van der Waals surface area contributed by atoms with E-state index in [9.17, 15) is 0 Å². The molecular weight excluding hydrogens is 218 g/mol. The molecule has 1 N–H and O–H groups in total. The zero-order chi connectivity index (χ0) is 12.6. The van der Waals surface area contributed by atoms with Gasteiger partial charge in [0.1, 0.15) is 0 Å². The zero-order valence-electron chi connectivity index (χ0n) is 11.3. The summed E-state index contributed by atoms with van der Waals surface area (Å²) in [5.74, 6) is 0. The molecule has 0 saturated carbocycles. The van der Waals surface area contributed by atoms with Gasteiger partial charge in [-0.2, -0.15) is 0 Å². The van der Waals surface area contributed by atoms with Gasteiger partial charge in [0.25, 0.3) is 0 Å². The molecule has 0 aromatic heterocycles. The van der Waals surface area contributed by atoms with E-state index in [0.717, 1.165) is 6.04 Å². The molecule has 2 aliphatic rings. The summed E-state index contributed by atoms with van der Waals surface area (Å²) >= 11 is 0. The molecule has 2 bridgehead atoms. The summed E-state index contributed by atoms with van der Waals surface area (Å²) in [5.41, 5.74) is 1.68. The number of nitrogens with one attached hydrogen (secondary N) is 1. The first kappa shape index (κ1) is 12.0. The summed E-state index contributed by atoms with van der Waals surface area (Å²) in [5, 5.41) is 3.92. The second kappa shape index (κ2) is 4.24. The van der Waals surface area contributed by atoms with Gasteiger partial charge >= 0.3 is 0 Å². The fraction of sp³-hybridized carbons (Fsp3) is 0.529. The Kier molecular flexibility index (Phi) is 2.82. The second-order valence-electron chi connectivity index (χ2n) is 6.13. The maximum absolute atomic E-state index is 4.16. The van der Waals surface area contributed by atoms with Crippen molar-refractivity contribution in [1.82, 2.24) is 5.32 Å². The monoisotopic (exact) mass is 241 g/mol. The summed E-state index contributed by atoms with van der Waals surface area (Å²) in [6.07, 6.45) is 8.77. The van der Waals surface area contributed by atoms with Crippen LogP contribution < -0.4 is 5.32 Å². The van der Waals surface area contributed by atoms with Gasteiger partial charge in [-0.25, -0.2) is 0 Å². The van der Waals surface area contributed by atoms with Crippen molar-refractivity contribution in [2.24, 2.45) is 0 Å². The number of hydrogen-bond donors (Lipinski definition) is 1. The first-order valence-corrected chi connectivity index (χ1v) is 7.17. The summed E-state index contributed by atoms with van der Waals surface area (Å²) in [6, 6.07) is 11.6. The third-order valence-corrected chi connectivity index (χ3v) is 5.33. The van der Waals surface area contributed by atoms with Crippen molar-refractivity contribution < 1.29 is 0 Å². The molecule has 2 heterocycles. The highest BCUT2D eigenvalue weighted by molar-refractivity contribution is 5.37. The minimum Gasteiger partial charge on any atom is -0.307 e. The first-order valence-electron chi connectivity index (χ1n) is 7.17. The Morgan fingerprint density at radius 3 is 2.78 bits per heavy atom. The lowest BCUT2D eigenvalue weighted by molar-refractivity contribution is 0.190. The second-order valence-corrected chi connectivity index (χ2v) is 6.13. The van der Waals surface area contributed by atoms with Crippen LogP contribution in [0.15, 0.2) is 43.0 Å². The van der Waals surface area contributed by atoms with Crippen molar-refractivity contribution in [3.05, 3.63) is 48.6 Å². The van der Waals surface area contributed by atoms with Gasteiger partial charge in [-0.3, -0.25) is 0 Å². The molecule has 1 aromatic carbocycles. The summed E-state index contributed by atoms with van der Waals surface area (Å²) in [4.78, 5) is 0. The molecule has 3 atom stereocenters. The van der Waals surface area contributed by atoms with E-state index in [-0.39, 0.29) is 11.0 Å². The van der Waals surface area contributed by atoms with E-state index in [1.54, 1.807) is 0 Å². The van der Waals surface area contributed by atoms with E-state index in [1.165, 1.54) is 37.7 Å². The lowest BCUT2D eigenvalue weighted by Gasteiger charge is -2.48. The fourth-order valence-electron chi connectivity index (χ4n) is 4.06. The molecule has 1 heteroatoms. The maximum atomic E-state index is 4.16. The molecule has 3 unspecified atom stereocenters. The van der Waals surface area contributed by atoms with Crippen molar-refractivity contribution in [3.8, 4) is 0 Å². The molecule has 96 valence electrons. The Hall–Kier alpha value is -1.08. The SMILES string of the molecule is C=CC(C)(c1ccccc1)C12CCCC(CC1)N2. The van der Waals surface area contributed by atoms with Crippen molar-refractivity contribution in [2.75, 3.05) is 0 Å².